The maximum Gasteiger partial charge on any atom is 0.264 e. The van der Waals surface area contributed by atoms with Gasteiger partial charge in [-0.05, 0) is 24.6 Å². The third kappa shape index (κ3) is 1.65. The van der Waals surface area contributed by atoms with Crippen molar-refractivity contribution < 1.29 is 14.7 Å². The first kappa shape index (κ1) is 14.0. The Labute approximate surface area is 133 Å². The molecule has 2 aliphatic heterocycles. The van der Waals surface area contributed by atoms with Crippen LogP contribution in [0.25, 0.3) is 0 Å². The highest BCUT2D eigenvalue weighted by Gasteiger charge is 2.59. The molecule has 5 nitrogen and oxygen atoms in total. The molecular formula is C18H16N2O3. The van der Waals surface area contributed by atoms with E-state index >= 15 is 0 Å². The molecule has 0 saturated heterocycles. The van der Waals surface area contributed by atoms with Gasteiger partial charge >= 0.3 is 0 Å². The lowest BCUT2D eigenvalue weighted by atomic mass is 9.78. The molecule has 0 bridgehead atoms. The molecule has 2 aliphatic rings. The molecule has 2 heterocycles. The number of hydrogen-bond donors (Lipinski definition) is 2. The van der Waals surface area contributed by atoms with Crippen LogP contribution in [0.3, 0.4) is 0 Å². The molecule has 116 valence electrons. The Balaban J connectivity index is 1.95. The summed E-state index contributed by atoms with van der Waals surface area (Å²) in [6.07, 6.45) is 0. The second-order valence-electron chi connectivity index (χ2n) is 5.84. The van der Waals surface area contributed by atoms with Gasteiger partial charge in [0.15, 0.2) is 5.60 Å². The van der Waals surface area contributed by atoms with Crippen LogP contribution < -0.4 is 10.2 Å². The first-order valence-corrected chi connectivity index (χ1v) is 7.62. The summed E-state index contributed by atoms with van der Waals surface area (Å²) in [4.78, 5) is 27.0. The number of nitrogens with one attached hydrogen (secondary N) is 1. The van der Waals surface area contributed by atoms with Crippen molar-refractivity contribution in [2.24, 2.45) is 0 Å². The molecule has 23 heavy (non-hydrogen) atoms. The van der Waals surface area contributed by atoms with Gasteiger partial charge in [-0.3, -0.25) is 9.59 Å². The van der Waals surface area contributed by atoms with Crippen LogP contribution in [0.1, 0.15) is 24.0 Å². The van der Waals surface area contributed by atoms with Gasteiger partial charge in [-0.15, -0.1) is 0 Å². The Bertz CT molecular complexity index is 833. The van der Waals surface area contributed by atoms with Gasteiger partial charge in [0.1, 0.15) is 5.92 Å². The van der Waals surface area contributed by atoms with Gasteiger partial charge < -0.3 is 15.3 Å². The fourth-order valence-corrected chi connectivity index (χ4v) is 3.68. The van der Waals surface area contributed by atoms with Gasteiger partial charge in [-0.1, -0.05) is 36.4 Å². The number of benzene rings is 2. The number of hydrogen-bond acceptors (Lipinski definition) is 3. The van der Waals surface area contributed by atoms with E-state index in [1.54, 1.807) is 36.4 Å². The molecule has 2 unspecified atom stereocenters. The van der Waals surface area contributed by atoms with E-state index in [0.29, 0.717) is 29.0 Å². The van der Waals surface area contributed by atoms with Crippen molar-refractivity contribution in [2.45, 2.75) is 18.4 Å². The number of carbonyl (C=O) groups excluding carboxylic acids is 2. The van der Waals surface area contributed by atoms with E-state index < -0.39 is 17.4 Å². The molecule has 0 saturated carbocycles. The highest BCUT2D eigenvalue weighted by atomic mass is 16.3. The van der Waals surface area contributed by atoms with Crippen LogP contribution in [-0.4, -0.2) is 23.5 Å². The molecule has 2 amide bonds. The first-order chi connectivity index (χ1) is 11.1. The van der Waals surface area contributed by atoms with Gasteiger partial charge in [-0.25, -0.2) is 0 Å². The zero-order valence-electron chi connectivity index (χ0n) is 12.6. The Morgan fingerprint density at radius 2 is 1.83 bits per heavy atom. The van der Waals surface area contributed by atoms with E-state index in [-0.39, 0.29) is 5.91 Å². The number of aliphatic hydroxyl groups is 1. The topological polar surface area (TPSA) is 69.6 Å². The monoisotopic (exact) mass is 308 g/mol. The molecule has 0 radical (unpaired) electrons. The Hall–Kier alpha value is -2.66. The average molecular weight is 308 g/mol. The Morgan fingerprint density at radius 1 is 1.13 bits per heavy atom. The van der Waals surface area contributed by atoms with Crippen molar-refractivity contribution in [2.75, 3.05) is 16.8 Å². The molecule has 0 aliphatic carbocycles. The van der Waals surface area contributed by atoms with Crippen molar-refractivity contribution in [1.29, 1.82) is 0 Å². The van der Waals surface area contributed by atoms with Crippen molar-refractivity contribution in [3.63, 3.8) is 0 Å². The number of anilines is 2. The number of carbonyl (C=O) groups is 2. The second-order valence-corrected chi connectivity index (χ2v) is 5.84. The summed E-state index contributed by atoms with van der Waals surface area (Å²) in [5.41, 5.74) is 0.587. The summed E-state index contributed by atoms with van der Waals surface area (Å²) in [6.45, 7) is 2.29. The van der Waals surface area contributed by atoms with Crippen molar-refractivity contribution >= 4 is 23.2 Å². The zero-order valence-corrected chi connectivity index (χ0v) is 12.6. The van der Waals surface area contributed by atoms with Gasteiger partial charge in [0.25, 0.3) is 5.91 Å². The van der Waals surface area contributed by atoms with E-state index in [1.165, 1.54) is 4.90 Å². The van der Waals surface area contributed by atoms with Crippen molar-refractivity contribution in [3.8, 4) is 0 Å². The molecule has 2 N–H and O–H groups in total. The molecular weight excluding hydrogens is 292 g/mol. The minimum Gasteiger partial charge on any atom is -0.374 e. The lowest BCUT2D eigenvalue weighted by molar-refractivity contribution is -0.143. The van der Waals surface area contributed by atoms with Crippen LogP contribution in [0, 0.1) is 0 Å². The Morgan fingerprint density at radius 3 is 2.61 bits per heavy atom. The van der Waals surface area contributed by atoms with E-state index in [2.05, 4.69) is 5.32 Å². The lowest BCUT2D eigenvalue weighted by Gasteiger charge is -2.27. The average Bonchev–Trinajstić information content (AvgIpc) is 3.01. The molecule has 0 spiro atoms. The van der Waals surface area contributed by atoms with E-state index in [1.807, 2.05) is 19.1 Å². The summed E-state index contributed by atoms with van der Waals surface area (Å²) >= 11 is 0. The summed E-state index contributed by atoms with van der Waals surface area (Å²) < 4.78 is 0. The predicted molar refractivity (Wildman–Crippen MR) is 86.2 cm³/mol. The molecule has 5 heteroatoms. The summed E-state index contributed by atoms with van der Waals surface area (Å²) in [7, 11) is 0. The minimum absolute atomic E-state index is 0.352. The largest absolute Gasteiger partial charge is 0.374 e. The third-order valence-corrected chi connectivity index (χ3v) is 4.70. The number of rotatable bonds is 2. The van der Waals surface area contributed by atoms with Crippen LogP contribution in [0.4, 0.5) is 11.4 Å². The zero-order chi connectivity index (χ0) is 16.2. The SMILES string of the molecule is CCN1C(=O)C(O)(C2C(=O)Nc3ccccc32)c2ccccc21. The second kappa shape index (κ2) is 4.67. The van der Waals surface area contributed by atoms with Crippen LogP contribution in [0.15, 0.2) is 48.5 Å². The lowest BCUT2D eigenvalue weighted by Crippen LogP contribution is -2.46. The quantitative estimate of drug-likeness (QED) is 0.891. The van der Waals surface area contributed by atoms with Crippen LogP contribution >= 0.6 is 0 Å². The third-order valence-electron chi connectivity index (χ3n) is 4.70. The summed E-state index contributed by atoms with van der Waals surface area (Å²) in [6, 6.07) is 14.3. The highest BCUT2D eigenvalue weighted by molar-refractivity contribution is 6.14. The molecule has 2 atom stereocenters. The number of fused-ring (bicyclic) bond motifs is 2. The number of nitrogens with zero attached hydrogens (tertiary/aromatic N) is 1. The summed E-state index contributed by atoms with van der Waals surface area (Å²) in [5.74, 6) is -1.74. The fourth-order valence-electron chi connectivity index (χ4n) is 3.68. The van der Waals surface area contributed by atoms with Gasteiger partial charge in [-0.2, -0.15) is 0 Å². The minimum atomic E-state index is -1.87. The maximum atomic E-state index is 13.0. The molecule has 0 fully saturated rings. The molecule has 4 rings (SSSR count). The van der Waals surface area contributed by atoms with Gasteiger partial charge in [0.05, 0.1) is 5.69 Å². The highest BCUT2D eigenvalue weighted by Crippen LogP contribution is 2.51. The maximum absolute atomic E-state index is 13.0. The first-order valence-electron chi connectivity index (χ1n) is 7.62. The summed E-state index contributed by atoms with van der Waals surface area (Å²) in [5, 5.41) is 14.1. The normalized spacial score (nSPS) is 25.3. The number of para-hydroxylation sites is 2. The van der Waals surface area contributed by atoms with Crippen molar-refractivity contribution in [1.82, 2.24) is 0 Å². The van der Waals surface area contributed by atoms with E-state index in [4.69, 9.17) is 0 Å². The van der Waals surface area contributed by atoms with Crippen molar-refractivity contribution in [3.05, 3.63) is 59.7 Å². The fraction of sp³-hybridized carbons (Fsp3) is 0.222. The Kier molecular flexibility index (Phi) is 2.83. The molecule has 0 aromatic heterocycles. The van der Waals surface area contributed by atoms with Crippen LogP contribution in [0.5, 0.6) is 0 Å². The number of amides is 2. The van der Waals surface area contributed by atoms with Gasteiger partial charge in [0, 0.05) is 17.8 Å². The van der Waals surface area contributed by atoms with Crippen LogP contribution in [-0.2, 0) is 15.2 Å². The van der Waals surface area contributed by atoms with Crippen LogP contribution in [0.2, 0.25) is 0 Å². The standard InChI is InChI=1S/C18H16N2O3/c1-2-20-14-10-6-4-8-12(14)18(23,17(20)22)15-11-7-3-5-9-13(11)19-16(15)21/h3-10,15,23H,2H2,1H3,(H,19,21). The van der Waals surface area contributed by atoms with Gasteiger partial charge in [0.2, 0.25) is 5.91 Å². The van der Waals surface area contributed by atoms with E-state index in [0.717, 1.165) is 0 Å². The van der Waals surface area contributed by atoms with E-state index in [9.17, 15) is 14.7 Å². The molecule has 2 aromatic rings. The number of likely N-dealkylation sites (N-methyl/N-ethyl adjacent to an activating group) is 1. The predicted octanol–water partition coefficient (Wildman–Crippen LogP) is 1.98. The smallest absolute Gasteiger partial charge is 0.264 e. The molecule has 2 aromatic carbocycles.